The number of Topliss-reactive ketones (excluding diaryl/α,β-unsaturated/α-hetero) is 1. The molecule has 186 valence electrons. The van der Waals surface area contributed by atoms with Crippen LogP contribution in [0.5, 0.6) is 0 Å². The van der Waals surface area contributed by atoms with Gasteiger partial charge in [0.15, 0.2) is 5.79 Å². The average Bonchev–Trinajstić information content (AvgIpc) is 2.78. The first-order valence-corrected chi connectivity index (χ1v) is 12.6. The van der Waals surface area contributed by atoms with E-state index >= 15 is 0 Å². The summed E-state index contributed by atoms with van der Waals surface area (Å²) in [5.41, 5.74) is 0. The van der Waals surface area contributed by atoms with Gasteiger partial charge in [0.25, 0.3) is 0 Å². The summed E-state index contributed by atoms with van der Waals surface area (Å²) in [5.74, 6) is 0.0242. The molecular formula is C26H46O6. The van der Waals surface area contributed by atoms with Crippen LogP contribution in [0, 0.1) is 29.6 Å². The fraction of sp³-hybridized carbons (Fsp3) is 0.923. The number of rotatable bonds is 10. The third-order valence-corrected chi connectivity index (χ3v) is 8.08. The quantitative estimate of drug-likeness (QED) is 0.473. The predicted octanol–water partition coefficient (Wildman–Crippen LogP) is 4.90. The zero-order valence-corrected chi connectivity index (χ0v) is 21.3. The fourth-order valence-corrected chi connectivity index (χ4v) is 5.22. The van der Waals surface area contributed by atoms with Crippen LogP contribution < -0.4 is 0 Å². The Morgan fingerprint density at radius 2 is 1.66 bits per heavy atom. The van der Waals surface area contributed by atoms with E-state index in [0.29, 0.717) is 18.3 Å². The molecule has 0 radical (unpaired) electrons. The van der Waals surface area contributed by atoms with Crippen molar-refractivity contribution in [3.8, 4) is 0 Å². The second-order valence-electron chi connectivity index (χ2n) is 10.7. The first kappa shape index (κ1) is 27.3. The molecule has 32 heavy (non-hydrogen) atoms. The number of hydrogen-bond donors (Lipinski definition) is 1. The van der Waals surface area contributed by atoms with Crippen molar-refractivity contribution in [3.05, 3.63) is 0 Å². The van der Waals surface area contributed by atoms with E-state index in [1.54, 1.807) is 13.8 Å². The summed E-state index contributed by atoms with van der Waals surface area (Å²) in [4.78, 5) is 23.3. The summed E-state index contributed by atoms with van der Waals surface area (Å²) in [6.45, 7) is 12.0. The van der Waals surface area contributed by atoms with Gasteiger partial charge in [-0.1, -0.05) is 27.7 Å². The van der Waals surface area contributed by atoms with Crippen LogP contribution in [0.4, 0.5) is 0 Å². The molecule has 2 heterocycles. The van der Waals surface area contributed by atoms with E-state index in [9.17, 15) is 14.7 Å². The molecule has 0 saturated carbocycles. The summed E-state index contributed by atoms with van der Waals surface area (Å²) < 4.78 is 18.1. The molecule has 0 aromatic carbocycles. The highest BCUT2D eigenvalue weighted by atomic mass is 16.7. The van der Waals surface area contributed by atoms with E-state index in [1.165, 1.54) is 7.11 Å². The fourth-order valence-electron chi connectivity index (χ4n) is 5.22. The maximum atomic E-state index is 11.7. The average molecular weight is 455 g/mol. The highest BCUT2D eigenvalue weighted by Crippen LogP contribution is 2.45. The number of aliphatic hydroxyl groups excluding tert-OH is 1. The van der Waals surface area contributed by atoms with Crippen LogP contribution in [-0.4, -0.2) is 48.1 Å². The molecule has 0 amide bonds. The van der Waals surface area contributed by atoms with Crippen LogP contribution in [0.3, 0.4) is 0 Å². The van der Waals surface area contributed by atoms with Gasteiger partial charge in [0.2, 0.25) is 0 Å². The molecule has 2 aliphatic rings. The summed E-state index contributed by atoms with van der Waals surface area (Å²) in [5, 5.41) is 10.4. The molecule has 2 rings (SSSR count). The van der Waals surface area contributed by atoms with Crippen molar-refractivity contribution < 1.29 is 28.9 Å². The zero-order chi connectivity index (χ0) is 24.1. The summed E-state index contributed by atoms with van der Waals surface area (Å²) in [7, 11) is 1.35. The molecule has 0 unspecified atom stereocenters. The molecule has 0 aliphatic carbocycles. The monoisotopic (exact) mass is 454 g/mol. The van der Waals surface area contributed by atoms with Gasteiger partial charge in [-0.05, 0) is 70.1 Å². The van der Waals surface area contributed by atoms with Crippen molar-refractivity contribution in [2.75, 3.05) is 7.11 Å². The number of carbonyl (C=O) groups excluding carboxylic acids is 2. The predicted molar refractivity (Wildman–Crippen MR) is 124 cm³/mol. The van der Waals surface area contributed by atoms with Gasteiger partial charge in [-0.2, -0.15) is 0 Å². The van der Waals surface area contributed by atoms with E-state index in [-0.39, 0.29) is 35.8 Å². The first-order chi connectivity index (χ1) is 15.0. The molecule has 9 atom stereocenters. The van der Waals surface area contributed by atoms with Crippen LogP contribution in [0.15, 0.2) is 0 Å². The number of methoxy groups -OCH3 is 1. The third-order valence-electron chi connectivity index (χ3n) is 8.08. The smallest absolute Gasteiger partial charge is 0.311 e. The normalized spacial score (nSPS) is 34.5. The van der Waals surface area contributed by atoms with E-state index in [0.717, 1.165) is 44.9 Å². The van der Waals surface area contributed by atoms with Crippen molar-refractivity contribution in [3.63, 3.8) is 0 Å². The highest BCUT2D eigenvalue weighted by molar-refractivity contribution is 5.77. The second kappa shape index (κ2) is 11.9. The zero-order valence-electron chi connectivity index (χ0n) is 21.3. The van der Waals surface area contributed by atoms with Crippen LogP contribution in [0.25, 0.3) is 0 Å². The molecule has 0 bridgehead atoms. The lowest BCUT2D eigenvalue weighted by atomic mass is 9.79. The molecule has 1 spiro atoms. The van der Waals surface area contributed by atoms with Crippen molar-refractivity contribution >= 4 is 11.8 Å². The molecule has 6 heteroatoms. The standard InChI is InChI=1S/C26H46O6/c1-16(21(6)27)9-11-23-17(2)12-14-26(31-23)15-13-19(4)24(32-26)18(3)8-10-22(28)20(5)25(29)30-7/h16-20,22-24,28H,8-15H2,1-7H3/t16-,17+,18+,19-,20-,22-,23-,24-,26+/m0/s1. The third kappa shape index (κ3) is 7.01. The maximum Gasteiger partial charge on any atom is 0.311 e. The number of ketones is 1. The molecule has 1 N–H and O–H groups in total. The number of hydrogen-bond acceptors (Lipinski definition) is 6. The van der Waals surface area contributed by atoms with Gasteiger partial charge in [0.05, 0.1) is 31.3 Å². The number of esters is 1. The van der Waals surface area contributed by atoms with Gasteiger partial charge in [-0.3, -0.25) is 9.59 Å². The van der Waals surface area contributed by atoms with E-state index in [4.69, 9.17) is 14.2 Å². The molecule has 2 fully saturated rings. The topological polar surface area (TPSA) is 82.1 Å². The van der Waals surface area contributed by atoms with Crippen LogP contribution in [0.1, 0.15) is 92.9 Å². The molecule has 2 aliphatic heterocycles. The molecule has 2 saturated heterocycles. The Labute approximate surface area is 194 Å². The Morgan fingerprint density at radius 1 is 1.03 bits per heavy atom. The highest BCUT2D eigenvalue weighted by Gasteiger charge is 2.47. The van der Waals surface area contributed by atoms with Crippen molar-refractivity contribution in [2.24, 2.45) is 29.6 Å². The van der Waals surface area contributed by atoms with Gasteiger partial charge < -0.3 is 19.3 Å². The van der Waals surface area contributed by atoms with Gasteiger partial charge in [-0.15, -0.1) is 0 Å². The Bertz CT molecular complexity index is 617. The lowest BCUT2D eigenvalue weighted by molar-refractivity contribution is -0.338. The lowest BCUT2D eigenvalue weighted by Crippen LogP contribution is -2.53. The minimum absolute atomic E-state index is 0.0644. The molecule has 6 nitrogen and oxygen atoms in total. The van der Waals surface area contributed by atoms with Gasteiger partial charge in [0.1, 0.15) is 5.78 Å². The summed E-state index contributed by atoms with van der Waals surface area (Å²) in [6, 6.07) is 0. The maximum absolute atomic E-state index is 11.7. The van der Waals surface area contributed by atoms with E-state index < -0.39 is 17.8 Å². The summed E-state index contributed by atoms with van der Waals surface area (Å²) in [6.07, 6.45) is 6.49. The Balaban J connectivity index is 1.97. The number of aliphatic hydroxyl groups is 1. The lowest BCUT2D eigenvalue weighted by Gasteiger charge is -2.51. The van der Waals surface area contributed by atoms with Gasteiger partial charge in [0, 0.05) is 18.8 Å². The largest absolute Gasteiger partial charge is 0.469 e. The van der Waals surface area contributed by atoms with Gasteiger partial charge in [-0.25, -0.2) is 0 Å². The summed E-state index contributed by atoms with van der Waals surface area (Å²) >= 11 is 0. The minimum atomic E-state index is -0.711. The van der Waals surface area contributed by atoms with Crippen molar-refractivity contribution in [1.29, 1.82) is 0 Å². The Hall–Kier alpha value is -0.980. The van der Waals surface area contributed by atoms with Crippen molar-refractivity contribution in [2.45, 2.75) is 117 Å². The molecular weight excluding hydrogens is 408 g/mol. The van der Waals surface area contributed by atoms with Crippen LogP contribution >= 0.6 is 0 Å². The first-order valence-electron chi connectivity index (χ1n) is 12.6. The minimum Gasteiger partial charge on any atom is -0.469 e. The Kier molecular flexibility index (Phi) is 10.2. The van der Waals surface area contributed by atoms with Gasteiger partial charge >= 0.3 is 5.97 Å². The molecule has 0 aromatic heterocycles. The van der Waals surface area contributed by atoms with E-state index in [2.05, 4.69) is 20.8 Å². The Morgan fingerprint density at radius 3 is 2.25 bits per heavy atom. The second-order valence-corrected chi connectivity index (χ2v) is 10.7. The van der Waals surface area contributed by atoms with Crippen LogP contribution in [0.2, 0.25) is 0 Å². The van der Waals surface area contributed by atoms with Crippen molar-refractivity contribution in [1.82, 2.24) is 0 Å². The van der Waals surface area contributed by atoms with Crippen LogP contribution in [-0.2, 0) is 23.8 Å². The van der Waals surface area contributed by atoms with E-state index in [1.807, 2.05) is 6.92 Å². The SMILES string of the molecule is COC(=O)[C@@H](C)[C@@H](O)CC[C@@H](C)[C@@H]1O[C@]2(CC[C@@H](C)[C@H](CC[C@H](C)C(C)=O)O2)CC[C@@H]1C. The number of carbonyl (C=O) groups is 2. The molecule has 0 aromatic rings. The number of ether oxygens (including phenoxy) is 3.